The molecule has 5 nitrogen and oxygen atoms in total. The van der Waals surface area contributed by atoms with Crippen LogP contribution >= 0.6 is 0 Å². The number of amides is 2. The van der Waals surface area contributed by atoms with Crippen LogP contribution in [0.15, 0.2) is 18.2 Å². The molecule has 1 aliphatic rings. The molecule has 122 valence electrons. The number of hydrogen-bond donors (Lipinski definition) is 2. The molecule has 0 aromatic heterocycles. The zero-order valence-electron chi connectivity index (χ0n) is 13.2. The summed E-state index contributed by atoms with van der Waals surface area (Å²) in [5, 5.41) is 12.0. The molecule has 0 aliphatic carbocycles. The van der Waals surface area contributed by atoms with Crippen LogP contribution < -0.4 is 5.32 Å². The number of benzene rings is 1. The van der Waals surface area contributed by atoms with Gasteiger partial charge >= 0.3 is 6.03 Å². The van der Waals surface area contributed by atoms with Gasteiger partial charge in [-0.25, -0.2) is 9.18 Å². The van der Waals surface area contributed by atoms with Crippen molar-refractivity contribution in [1.82, 2.24) is 15.1 Å². The van der Waals surface area contributed by atoms with Crippen molar-refractivity contribution in [2.24, 2.45) is 0 Å². The summed E-state index contributed by atoms with van der Waals surface area (Å²) in [5.41, 5.74) is 1.37. The Labute approximate surface area is 130 Å². The lowest BCUT2D eigenvalue weighted by Crippen LogP contribution is -2.43. The predicted molar refractivity (Wildman–Crippen MR) is 82.8 cm³/mol. The first-order valence-electron chi connectivity index (χ1n) is 7.58. The number of halogens is 1. The molecular weight excluding hydrogens is 285 g/mol. The molecule has 6 heteroatoms. The van der Waals surface area contributed by atoms with Crippen LogP contribution in [0.5, 0.6) is 0 Å². The van der Waals surface area contributed by atoms with Crippen molar-refractivity contribution in [2.75, 3.05) is 27.2 Å². The number of urea groups is 1. The quantitative estimate of drug-likeness (QED) is 0.868. The molecule has 1 fully saturated rings. The van der Waals surface area contributed by atoms with Gasteiger partial charge in [0.15, 0.2) is 0 Å². The Morgan fingerprint density at radius 1 is 1.50 bits per heavy atom. The van der Waals surface area contributed by atoms with Crippen LogP contribution in [0, 0.1) is 5.82 Å². The van der Waals surface area contributed by atoms with Gasteiger partial charge in [-0.1, -0.05) is 12.1 Å². The van der Waals surface area contributed by atoms with Crippen LogP contribution in [0.25, 0.3) is 0 Å². The molecule has 1 heterocycles. The van der Waals surface area contributed by atoms with Crippen molar-refractivity contribution in [3.05, 3.63) is 35.1 Å². The van der Waals surface area contributed by atoms with E-state index < -0.39 is 0 Å². The van der Waals surface area contributed by atoms with E-state index in [-0.39, 0.29) is 31.0 Å². The van der Waals surface area contributed by atoms with Crippen molar-refractivity contribution in [3.8, 4) is 0 Å². The van der Waals surface area contributed by atoms with E-state index in [2.05, 4.69) is 5.32 Å². The van der Waals surface area contributed by atoms with Gasteiger partial charge in [-0.15, -0.1) is 0 Å². The number of nitrogens with one attached hydrogen (secondary N) is 1. The van der Waals surface area contributed by atoms with Crippen molar-refractivity contribution < 1.29 is 14.3 Å². The average Bonchev–Trinajstić information content (AvgIpc) is 2.95. The molecule has 0 bridgehead atoms. The summed E-state index contributed by atoms with van der Waals surface area (Å²) in [7, 11) is 3.78. The number of nitrogens with zero attached hydrogens (tertiary/aromatic N) is 2. The zero-order valence-corrected chi connectivity index (χ0v) is 13.2. The van der Waals surface area contributed by atoms with Crippen molar-refractivity contribution in [2.45, 2.75) is 32.0 Å². The number of likely N-dealkylation sites (tertiary alicyclic amines) is 1. The standard InChI is InChI=1S/C16H24FN3O2/c1-19(2)10-13-6-5-12(8-15(13)17)9-18-16(22)20-7-3-4-14(20)11-21/h5-6,8,14,21H,3-4,7,9-11H2,1-2H3,(H,18,22). The van der Waals surface area contributed by atoms with E-state index >= 15 is 0 Å². The number of aliphatic hydroxyl groups excluding tert-OH is 1. The smallest absolute Gasteiger partial charge is 0.317 e. The van der Waals surface area contributed by atoms with Crippen LogP contribution in [0.2, 0.25) is 0 Å². The van der Waals surface area contributed by atoms with Gasteiger partial charge in [0.05, 0.1) is 12.6 Å². The van der Waals surface area contributed by atoms with Crippen LogP contribution in [-0.2, 0) is 13.1 Å². The lowest BCUT2D eigenvalue weighted by atomic mass is 10.1. The molecule has 1 unspecified atom stereocenters. The highest BCUT2D eigenvalue weighted by Gasteiger charge is 2.27. The van der Waals surface area contributed by atoms with Gasteiger partial charge in [0, 0.05) is 25.2 Å². The van der Waals surface area contributed by atoms with E-state index in [4.69, 9.17) is 0 Å². The van der Waals surface area contributed by atoms with Gasteiger partial charge in [-0.05, 0) is 38.6 Å². The Balaban J connectivity index is 1.91. The van der Waals surface area contributed by atoms with Crippen LogP contribution in [-0.4, -0.2) is 54.2 Å². The topological polar surface area (TPSA) is 55.8 Å². The maximum absolute atomic E-state index is 14.0. The highest BCUT2D eigenvalue weighted by Crippen LogP contribution is 2.17. The normalized spacial score (nSPS) is 18.0. The molecule has 22 heavy (non-hydrogen) atoms. The van der Waals surface area contributed by atoms with Gasteiger partial charge in [0.25, 0.3) is 0 Å². The maximum Gasteiger partial charge on any atom is 0.317 e. The summed E-state index contributed by atoms with van der Waals surface area (Å²) in [6, 6.07) is 4.75. The summed E-state index contributed by atoms with van der Waals surface area (Å²) in [4.78, 5) is 15.6. The fourth-order valence-electron chi connectivity index (χ4n) is 2.74. The lowest BCUT2D eigenvalue weighted by molar-refractivity contribution is 0.157. The van der Waals surface area contributed by atoms with Gasteiger partial charge in [0.1, 0.15) is 5.82 Å². The number of rotatable bonds is 5. The van der Waals surface area contributed by atoms with Gasteiger partial charge in [0.2, 0.25) is 0 Å². The van der Waals surface area contributed by atoms with Crippen molar-refractivity contribution in [3.63, 3.8) is 0 Å². The minimum absolute atomic E-state index is 0.0126. The van der Waals surface area contributed by atoms with Crippen LogP contribution in [0.3, 0.4) is 0 Å². The summed E-state index contributed by atoms with van der Waals surface area (Å²) < 4.78 is 14.0. The Morgan fingerprint density at radius 2 is 2.27 bits per heavy atom. The summed E-state index contributed by atoms with van der Waals surface area (Å²) >= 11 is 0. The highest BCUT2D eigenvalue weighted by molar-refractivity contribution is 5.74. The SMILES string of the molecule is CN(C)Cc1ccc(CNC(=O)N2CCCC2CO)cc1F. The van der Waals surface area contributed by atoms with E-state index in [0.29, 0.717) is 18.7 Å². The molecule has 0 spiro atoms. The molecule has 2 amide bonds. The monoisotopic (exact) mass is 309 g/mol. The third-order valence-electron chi connectivity index (χ3n) is 3.90. The number of hydrogen-bond acceptors (Lipinski definition) is 3. The van der Waals surface area contributed by atoms with Gasteiger partial charge < -0.3 is 20.2 Å². The first-order valence-corrected chi connectivity index (χ1v) is 7.58. The molecule has 2 rings (SSSR count). The second-order valence-electron chi connectivity index (χ2n) is 5.99. The van der Waals surface area contributed by atoms with E-state index in [0.717, 1.165) is 18.4 Å². The second kappa shape index (κ2) is 7.56. The summed E-state index contributed by atoms with van der Waals surface area (Å²) in [6.07, 6.45) is 1.74. The number of aliphatic hydroxyl groups is 1. The highest BCUT2D eigenvalue weighted by atomic mass is 19.1. The zero-order chi connectivity index (χ0) is 16.1. The van der Waals surface area contributed by atoms with E-state index in [1.165, 1.54) is 6.07 Å². The number of carbonyl (C=O) groups is 1. The predicted octanol–water partition coefficient (Wildman–Crippen LogP) is 1.55. The second-order valence-corrected chi connectivity index (χ2v) is 5.99. The Morgan fingerprint density at radius 3 is 2.91 bits per heavy atom. The Hall–Kier alpha value is -1.66. The third kappa shape index (κ3) is 4.18. The first kappa shape index (κ1) is 16.7. The summed E-state index contributed by atoms with van der Waals surface area (Å²) in [5.74, 6) is -0.255. The number of carbonyl (C=O) groups excluding carboxylic acids is 1. The molecule has 1 aromatic carbocycles. The Kier molecular flexibility index (Phi) is 5.74. The largest absolute Gasteiger partial charge is 0.394 e. The minimum atomic E-state index is -0.255. The fourth-order valence-corrected chi connectivity index (χ4v) is 2.74. The minimum Gasteiger partial charge on any atom is -0.394 e. The van der Waals surface area contributed by atoms with Crippen LogP contribution in [0.4, 0.5) is 9.18 Å². The molecule has 0 radical (unpaired) electrons. The molecule has 1 aromatic rings. The van der Waals surface area contributed by atoms with Gasteiger partial charge in [-0.2, -0.15) is 0 Å². The molecule has 1 saturated heterocycles. The average molecular weight is 309 g/mol. The van der Waals surface area contributed by atoms with Crippen molar-refractivity contribution in [1.29, 1.82) is 0 Å². The fraction of sp³-hybridized carbons (Fsp3) is 0.562. The molecule has 1 atom stereocenters. The van der Waals surface area contributed by atoms with Crippen molar-refractivity contribution >= 4 is 6.03 Å². The molecule has 2 N–H and O–H groups in total. The van der Waals surface area contributed by atoms with E-state index in [1.54, 1.807) is 11.0 Å². The summed E-state index contributed by atoms with van der Waals surface area (Å²) in [6.45, 7) is 1.48. The maximum atomic E-state index is 14.0. The lowest BCUT2D eigenvalue weighted by Gasteiger charge is -2.23. The Bertz CT molecular complexity index is 522. The van der Waals surface area contributed by atoms with E-state index in [1.807, 2.05) is 25.1 Å². The molecule has 0 saturated carbocycles. The van der Waals surface area contributed by atoms with E-state index in [9.17, 15) is 14.3 Å². The molecule has 1 aliphatic heterocycles. The van der Waals surface area contributed by atoms with Crippen LogP contribution in [0.1, 0.15) is 24.0 Å². The first-order chi connectivity index (χ1) is 10.5. The molecular formula is C16H24FN3O2. The third-order valence-corrected chi connectivity index (χ3v) is 3.90. The van der Waals surface area contributed by atoms with Gasteiger partial charge in [-0.3, -0.25) is 0 Å².